The molecule has 16 heavy (non-hydrogen) atoms. The van der Waals surface area contributed by atoms with Crippen molar-refractivity contribution in [3.63, 3.8) is 0 Å². The van der Waals surface area contributed by atoms with Crippen LogP contribution in [0.1, 0.15) is 32.6 Å². The third-order valence-corrected chi connectivity index (χ3v) is 2.94. The topological polar surface area (TPSA) is 58.9 Å². The van der Waals surface area contributed by atoms with Crippen molar-refractivity contribution in [3.05, 3.63) is 0 Å². The first kappa shape index (κ1) is 13.9. The summed E-state index contributed by atoms with van der Waals surface area (Å²) in [5, 5.41) is 19.3. The summed E-state index contributed by atoms with van der Waals surface area (Å²) < 4.78 is 10.3. The van der Waals surface area contributed by atoms with E-state index >= 15 is 0 Å². The van der Waals surface area contributed by atoms with E-state index in [-0.39, 0.29) is 12.2 Å². The van der Waals surface area contributed by atoms with Crippen LogP contribution in [-0.4, -0.2) is 48.8 Å². The number of hydrogen-bond donors (Lipinski definition) is 2. The van der Waals surface area contributed by atoms with Crippen molar-refractivity contribution in [2.75, 3.05) is 20.3 Å². The van der Waals surface area contributed by atoms with E-state index in [2.05, 4.69) is 0 Å². The van der Waals surface area contributed by atoms with Crippen molar-refractivity contribution in [2.45, 2.75) is 50.9 Å². The number of methoxy groups -OCH3 is 1. The van der Waals surface area contributed by atoms with E-state index in [4.69, 9.17) is 9.47 Å². The second-order valence-electron chi connectivity index (χ2n) is 4.74. The quantitative estimate of drug-likeness (QED) is 0.621. The number of rotatable bonds is 9. The molecule has 0 aromatic carbocycles. The van der Waals surface area contributed by atoms with Gasteiger partial charge in [-0.05, 0) is 38.5 Å². The van der Waals surface area contributed by atoms with Gasteiger partial charge in [0.2, 0.25) is 0 Å². The third-order valence-electron chi connectivity index (χ3n) is 2.94. The zero-order valence-corrected chi connectivity index (χ0v) is 10.3. The number of hydrogen-bond acceptors (Lipinski definition) is 4. The largest absolute Gasteiger partial charge is 0.393 e. The molecule has 0 aliphatic heterocycles. The van der Waals surface area contributed by atoms with Gasteiger partial charge >= 0.3 is 0 Å². The van der Waals surface area contributed by atoms with Gasteiger partial charge in [0.15, 0.2) is 0 Å². The highest BCUT2D eigenvalue weighted by Crippen LogP contribution is 2.34. The first-order chi connectivity index (χ1) is 7.63. The zero-order valence-electron chi connectivity index (χ0n) is 10.3. The Kier molecular flexibility index (Phi) is 6.28. The summed E-state index contributed by atoms with van der Waals surface area (Å²) >= 11 is 0. The summed E-state index contributed by atoms with van der Waals surface area (Å²) in [6, 6.07) is 0. The summed E-state index contributed by atoms with van der Waals surface area (Å²) in [7, 11) is 1.63. The molecule has 4 nitrogen and oxygen atoms in total. The lowest BCUT2D eigenvalue weighted by Gasteiger charge is -2.17. The molecule has 1 saturated carbocycles. The molecule has 0 bridgehead atoms. The first-order valence-corrected chi connectivity index (χ1v) is 6.10. The normalized spacial score (nSPS) is 21.8. The highest BCUT2D eigenvalue weighted by molar-refractivity contribution is 4.81. The zero-order chi connectivity index (χ0) is 12.0. The molecule has 3 unspecified atom stereocenters. The summed E-state index contributed by atoms with van der Waals surface area (Å²) in [6.07, 6.45) is 2.86. The van der Waals surface area contributed by atoms with E-state index < -0.39 is 6.10 Å². The predicted octanol–water partition coefficient (Wildman–Crippen LogP) is 0.950. The van der Waals surface area contributed by atoms with E-state index in [1.807, 2.05) is 6.92 Å². The maximum atomic E-state index is 9.64. The van der Waals surface area contributed by atoms with Crippen LogP contribution >= 0.6 is 0 Å². The van der Waals surface area contributed by atoms with Gasteiger partial charge in [0.1, 0.15) is 0 Å². The Labute approximate surface area is 97.6 Å². The summed E-state index contributed by atoms with van der Waals surface area (Å²) in [6.45, 7) is 2.77. The van der Waals surface area contributed by atoms with Crippen LogP contribution in [-0.2, 0) is 9.47 Å². The fraction of sp³-hybridized carbons (Fsp3) is 1.00. The first-order valence-electron chi connectivity index (χ1n) is 6.10. The van der Waals surface area contributed by atoms with Crippen LogP contribution in [0, 0.1) is 5.92 Å². The van der Waals surface area contributed by atoms with Gasteiger partial charge in [-0.15, -0.1) is 0 Å². The predicted molar refractivity (Wildman–Crippen MR) is 61.3 cm³/mol. The summed E-state index contributed by atoms with van der Waals surface area (Å²) in [4.78, 5) is 0. The van der Waals surface area contributed by atoms with Crippen LogP contribution in [0.15, 0.2) is 0 Å². The smallest absolute Gasteiger partial charge is 0.0781 e. The minimum absolute atomic E-state index is 0.00741. The Hall–Kier alpha value is -0.160. The average molecular weight is 232 g/mol. The maximum absolute atomic E-state index is 9.64. The van der Waals surface area contributed by atoms with E-state index in [0.717, 1.165) is 12.8 Å². The van der Waals surface area contributed by atoms with Crippen molar-refractivity contribution >= 4 is 0 Å². The van der Waals surface area contributed by atoms with Crippen LogP contribution in [0.25, 0.3) is 0 Å². The lowest BCUT2D eigenvalue weighted by atomic mass is 10.1. The van der Waals surface area contributed by atoms with Gasteiger partial charge in [0.25, 0.3) is 0 Å². The monoisotopic (exact) mass is 232 g/mol. The molecule has 1 rings (SSSR count). The lowest BCUT2D eigenvalue weighted by molar-refractivity contribution is -0.0368. The van der Waals surface area contributed by atoms with Crippen molar-refractivity contribution in [1.29, 1.82) is 0 Å². The lowest BCUT2D eigenvalue weighted by Crippen LogP contribution is -2.24. The van der Waals surface area contributed by atoms with Crippen LogP contribution < -0.4 is 0 Å². The maximum Gasteiger partial charge on any atom is 0.0781 e. The molecule has 1 aliphatic rings. The molecule has 0 aromatic rings. The van der Waals surface area contributed by atoms with Gasteiger partial charge < -0.3 is 19.7 Å². The van der Waals surface area contributed by atoms with Crippen molar-refractivity contribution < 1.29 is 19.7 Å². The number of ether oxygens (including phenoxy) is 2. The Morgan fingerprint density at radius 1 is 1.19 bits per heavy atom. The average Bonchev–Trinajstić information content (AvgIpc) is 3.07. The molecule has 4 heteroatoms. The van der Waals surface area contributed by atoms with Gasteiger partial charge in [0, 0.05) is 7.11 Å². The van der Waals surface area contributed by atoms with Crippen LogP contribution in [0.4, 0.5) is 0 Å². The SMILES string of the molecule is COCC(C)OCC(O)CCC(O)C1CC1. The van der Waals surface area contributed by atoms with E-state index in [1.54, 1.807) is 7.11 Å². The van der Waals surface area contributed by atoms with Crippen LogP contribution in [0.5, 0.6) is 0 Å². The Morgan fingerprint density at radius 3 is 2.44 bits per heavy atom. The van der Waals surface area contributed by atoms with E-state index in [0.29, 0.717) is 32.0 Å². The molecule has 0 amide bonds. The van der Waals surface area contributed by atoms with Gasteiger partial charge in [-0.25, -0.2) is 0 Å². The molecular formula is C12H24O4. The minimum Gasteiger partial charge on any atom is -0.393 e. The molecule has 2 N–H and O–H groups in total. The Morgan fingerprint density at radius 2 is 1.88 bits per heavy atom. The van der Waals surface area contributed by atoms with Gasteiger partial charge in [0.05, 0.1) is 31.5 Å². The van der Waals surface area contributed by atoms with Gasteiger partial charge in [-0.2, -0.15) is 0 Å². The molecule has 96 valence electrons. The Bertz CT molecular complexity index is 182. The molecule has 0 aromatic heterocycles. The Balaban J connectivity index is 1.99. The van der Waals surface area contributed by atoms with Crippen LogP contribution in [0.3, 0.4) is 0 Å². The summed E-state index contributed by atoms with van der Waals surface area (Å²) in [5.41, 5.74) is 0. The van der Waals surface area contributed by atoms with Gasteiger partial charge in [-0.3, -0.25) is 0 Å². The van der Waals surface area contributed by atoms with E-state index in [1.165, 1.54) is 0 Å². The molecule has 0 saturated heterocycles. The molecule has 0 spiro atoms. The number of aliphatic hydroxyl groups excluding tert-OH is 2. The van der Waals surface area contributed by atoms with Gasteiger partial charge in [-0.1, -0.05) is 0 Å². The van der Waals surface area contributed by atoms with E-state index in [9.17, 15) is 10.2 Å². The standard InChI is InChI=1S/C12H24O4/c1-9(7-15-2)16-8-11(13)5-6-12(14)10-3-4-10/h9-14H,3-8H2,1-2H3. The van der Waals surface area contributed by atoms with Crippen molar-refractivity contribution in [2.24, 2.45) is 5.92 Å². The van der Waals surface area contributed by atoms with Crippen molar-refractivity contribution in [1.82, 2.24) is 0 Å². The van der Waals surface area contributed by atoms with Crippen LogP contribution in [0.2, 0.25) is 0 Å². The minimum atomic E-state index is -0.479. The second-order valence-corrected chi connectivity index (χ2v) is 4.74. The van der Waals surface area contributed by atoms with Crippen molar-refractivity contribution in [3.8, 4) is 0 Å². The molecule has 1 aliphatic carbocycles. The highest BCUT2D eigenvalue weighted by Gasteiger charge is 2.29. The fourth-order valence-corrected chi connectivity index (χ4v) is 1.72. The molecular weight excluding hydrogens is 208 g/mol. The fourth-order valence-electron chi connectivity index (χ4n) is 1.72. The second kappa shape index (κ2) is 7.22. The summed E-state index contributed by atoms with van der Waals surface area (Å²) in [5.74, 6) is 0.487. The molecule has 0 radical (unpaired) electrons. The third kappa shape index (κ3) is 5.80. The molecule has 1 fully saturated rings. The molecule has 3 atom stereocenters. The number of aliphatic hydroxyl groups is 2. The highest BCUT2D eigenvalue weighted by atomic mass is 16.5. The molecule has 0 heterocycles.